The topological polar surface area (TPSA) is 82.7 Å². The molecular formula is C14H21ClN4O3. The van der Waals surface area contributed by atoms with Crippen molar-refractivity contribution in [1.29, 1.82) is 0 Å². The van der Waals surface area contributed by atoms with Crippen LogP contribution in [-0.2, 0) is 0 Å². The SMILES string of the molecule is CC1CN(CC(C)(C)O)CCN1c1ncc(Cl)cc1[N+](=O)[O-]. The molecule has 0 saturated carbocycles. The number of nitro groups is 1. The number of halogens is 1. The zero-order valence-electron chi connectivity index (χ0n) is 13.0. The first-order chi connectivity index (χ1) is 10.2. The molecule has 2 rings (SSSR count). The van der Waals surface area contributed by atoms with E-state index in [4.69, 9.17) is 11.6 Å². The van der Waals surface area contributed by atoms with Gasteiger partial charge in [0.05, 0.1) is 15.5 Å². The van der Waals surface area contributed by atoms with Crippen molar-refractivity contribution in [1.82, 2.24) is 9.88 Å². The van der Waals surface area contributed by atoms with E-state index in [2.05, 4.69) is 9.88 Å². The summed E-state index contributed by atoms with van der Waals surface area (Å²) in [6.07, 6.45) is 1.43. The first-order valence-corrected chi connectivity index (χ1v) is 7.56. The van der Waals surface area contributed by atoms with Gasteiger partial charge in [0.2, 0.25) is 5.82 Å². The first-order valence-electron chi connectivity index (χ1n) is 7.19. The van der Waals surface area contributed by atoms with Crippen LogP contribution in [0.3, 0.4) is 0 Å². The predicted octanol–water partition coefficient (Wildman–Crippen LogP) is 1.92. The van der Waals surface area contributed by atoms with Crippen molar-refractivity contribution in [3.63, 3.8) is 0 Å². The maximum absolute atomic E-state index is 11.2. The third-order valence-electron chi connectivity index (χ3n) is 3.60. The molecule has 2 heterocycles. The Hall–Kier alpha value is -1.44. The van der Waals surface area contributed by atoms with Crippen molar-refractivity contribution in [2.75, 3.05) is 31.1 Å². The van der Waals surface area contributed by atoms with Crippen LogP contribution in [0.2, 0.25) is 5.02 Å². The molecule has 0 aliphatic carbocycles. The number of rotatable bonds is 4. The Morgan fingerprint density at radius 2 is 2.23 bits per heavy atom. The van der Waals surface area contributed by atoms with E-state index in [-0.39, 0.29) is 16.8 Å². The number of hydrogen-bond acceptors (Lipinski definition) is 6. The van der Waals surface area contributed by atoms with Crippen LogP contribution in [0.1, 0.15) is 20.8 Å². The van der Waals surface area contributed by atoms with Crippen LogP contribution in [0.25, 0.3) is 0 Å². The number of anilines is 1. The molecule has 1 aromatic rings. The van der Waals surface area contributed by atoms with E-state index in [9.17, 15) is 15.2 Å². The molecule has 1 atom stereocenters. The summed E-state index contributed by atoms with van der Waals surface area (Å²) < 4.78 is 0. The van der Waals surface area contributed by atoms with Crippen molar-refractivity contribution in [3.8, 4) is 0 Å². The number of aliphatic hydroxyl groups is 1. The maximum Gasteiger partial charge on any atom is 0.313 e. The van der Waals surface area contributed by atoms with Gasteiger partial charge in [-0.15, -0.1) is 0 Å². The molecule has 1 aromatic heterocycles. The Bertz CT molecular complexity index is 562. The molecule has 0 spiro atoms. The van der Waals surface area contributed by atoms with Gasteiger partial charge in [-0.05, 0) is 20.8 Å². The summed E-state index contributed by atoms with van der Waals surface area (Å²) in [5.74, 6) is 0.352. The highest BCUT2D eigenvalue weighted by atomic mass is 35.5. The summed E-state index contributed by atoms with van der Waals surface area (Å²) in [6.45, 7) is 8.16. The Morgan fingerprint density at radius 1 is 1.55 bits per heavy atom. The maximum atomic E-state index is 11.2. The van der Waals surface area contributed by atoms with Gasteiger partial charge in [-0.25, -0.2) is 4.98 Å². The van der Waals surface area contributed by atoms with E-state index >= 15 is 0 Å². The van der Waals surface area contributed by atoms with Gasteiger partial charge >= 0.3 is 5.69 Å². The van der Waals surface area contributed by atoms with E-state index in [1.54, 1.807) is 13.8 Å². The Kier molecular flexibility index (Phi) is 4.89. The van der Waals surface area contributed by atoms with Crippen LogP contribution in [0.15, 0.2) is 12.3 Å². The minimum Gasteiger partial charge on any atom is -0.389 e. The molecule has 8 heteroatoms. The average Bonchev–Trinajstić information content (AvgIpc) is 2.37. The zero-order valence-corrected chi connectivity index (χ0v) is 13.7. The second kappa shape index (κ2) is 6.36. The van der Waals surface area contributed by atoms with Gasteiger partial charge in [0, 0.05) is 44.5 Å². The molecular weight excluding hydrogens is 308 g/mol. The summed E-state index contributed by atoms with van der Waals surface area (Å²) in [4.78, 5) is 19.0. The van der Waals surface area contributed by atoms with Gasteiger partial charge in [-0.2, -0.15) is 0 Å². The van der Waals surface area contributed by atoms with Crippen LogP contribution in [0.4, 0.5) is 11.5 Å². The number of aromatic nitrogens is 1. The second-order valence-electron chi connectivity index (χ2n) is 6.34. The smallest absolute Gasteiger partial charge is 0.313 e. The van der Waals surface area contributed by atoms with Crippen LogP contribution in [0.5, 0.6) is 0 Å². The lowest BCUT2D eigenvalue weighted by Crippen LogP contribution is -2.55. The molecule has 1 aliphatic rings. The highest BCUT2D eigenvalue weighted by Crippen LogP contribution is 2.30. The summed E-state index contributed by atoms with van der Waals surface area (Å²) in [5.41, 5.74) is -0.831. The third kappa shape index (κ3) is 4.06. The first kappa shape index (κ1) is 16.9. The van der Waals surface area contributed by atoms with E-state index in [1.165, 1.54) is 12.3 Å². The van der Waals surface area contributed by atoms with Gasteiger partial charge in [-0.3, -0.25) is 15.0 Å². The standard InChI is InChI=1S/C14H21ClN4O3/c1-10-8-17(9-14(2,3)20)4-5-18(10)13-12(19(21)22)6-11(15)7-16-13/h6-7,10,20H,4-5,8-9H2,1-3H3. The molecule has 7 nitrogen and oxygen atoms in total. The van der Waals surface area contributed by atoms with Gasteiger partial charge < -0.3 is 10.0 Å². The average molecular weight is 329 g/mol. The minimum absolute atomic E-state index is 0.0588. The van der Waals surface area contributed by atoms with Crippen molar-refractivity contribution < 1.29 is 10.0 Å². The molecule has 0 aromatic carbocycles. The monoisotopic (exact) mass is 328 g/mol. The Labute approximate surface area is 134 Å². The summed E-state index contributed by atoms with van der Waals surface area (Å²) in [6, 6.07) is 1.39. The van der Waals surface area contributed by atoms with Crippen molar-refractivity contribution in [2.45, 2.75) is 32.4 Å². The molecule has 1 fully saturated rings. The molecule has 1 saturated heterocycles. The quantitative estimate of drug-likeness (QED) is 0.671. The largest absolute Gasteiger partial charge is 0.389 e. The fourth-order valence-electron chi connectivity index (χ4n) is 2.82. The number of β-amino-alcohol motifs (C(OH)–C–C–N with tert-alkyl or cyclic N) is 1. The molecule has 0 amide bonds. The van der Waals surface area contributed by atoms with Crippen LogP contribution >= 0.6 is 11.6 Å². The Balaban J connectivity index is 2.17. The third-order valence-corrected chi connectivity index (χ3v) is 3.81. The van der Waals surface area contributed by atoms with E-state index in [1.807, 2.05) is 11.8 Å². The summed E-state index contributed by atoms with van der Waals surface area (Å²) in [5, 5.41) is 21.4. The van der Waals surface area contributed by atoms with Gasteiger partial charge in [0.15, 0.2) is 0 Å². The predicted molar refractivity (Wildman–Crippen MR) is 85.4 cm³/mol. The summed E-state index contributed by atoms with van der Waals surface area (Å²) >= 11 is 5.81. The van der Waals surface area contributed by atoms with Gasteiger partial charge in [0.25, 0.3) is 0 Å². The molecule has 1 unspecified atom stereocenters. The highest BCUT2D eigenvalue weighted by Gasteiger charge is 2.31. The molecule has 0 radical (unpaired) electrons. The van der Waals surface area contributed by atoms with Gasteiger partial charge in [0.1, 0.15) is 0 Å². The second-order valence-corrected chi connectivity index (χ2v) is 6.78. The number of nitrogens with zero attached hydrogens (tertiary/aromatic N) is 4. The molecule has 122 valence electrons. The lowest BCUT2D eigenvalue weighted by Gasteiger charge is -2.41. The number of hydrogen-bond donors (Lipinski definition) is 1. The molecule has 1 aliphatic heterocycles. The fourth-order valence-corrected chi connectivity index (χ4v) is 2.97. The fraction of sp³-hybridized carbons (Fsp3) is 0.643. The Morgan fingerprint density at radius 3 is 2.77 bits per heavy atom. The highest BCUT2D eigenvalue weighted by molar-refractivity contribution is 6.30. The summed E-state index contributed by atoms with van der Waals surface area (Å²) in [7, 11) is 0. The number of piperazine rings is 1. The number of pyridine rings is 1. The van der Waals surface area contributed by atoms with Crippen LogP contribution < -0.4 is 4.90 Å². The van der Waals surface area contributed by atoms with Crippen molar-refractivity contribution >= 4 is 23.1 Å². The molecule has 1 N–H and O–H groups in total. The van der Waals surface area contributed by atoms with Crippen molar-refractivity contribution in [3.05, 3.63) is 27.4 Å². The van der Waals surface area contributed by atoms with E-state index in [0.29, 0.717) is 25.5 Å². The van der Waals surface area contributed by atoms with Crippen LogP contribution in [-0.4, -0.2) is 57.7 Å². The molecule has 22 heavy (non-hydrogen) atoms. The zero-order chi connectivity index (χ0) is 16.5. The van der Waals surface area contributed by atoms with E-state index in [0.717, 1.165) is 6.54 Å². The normalized spacial score (nSPS) is 20.2. The van der Waals surface area contributed by atoms with Crippen molar-refractivity contribution in [2.24, 2.45) is 0 Å². The lowest BCUT2D eigenvalue weighted by molar-refractivity contribution is -0.384. The van der Waals surface area contributed by atoms with Crippen LogP contribution in [0, 0.1) is 10.1 Å². The minimum atomic E-state index is -0.758. The van der Waals surface area contributed by atoms with E-state index < -0.39 is 10.5 Å². The lowest BCUT2D eigenvalue weighted by atomic mass is 10.1. The van der Waals surface area contributed by atoms with Gasteiger partial charge in [-0.1, -0.05) is 11.6 Å². The molecule has 0 bridgehead atoms.